The quantitative estimate of drug-likeness (QED) is 0.693. The molecule has 1 aromatic heterocycles. The van der Waals surface area contributed by atoms with Crippen LogP contribution in [0.5, 0.6) is 0 Å². The molecule has 7 heteroatoms. The first-order valence-corrected chi connectivity index (χ1v) is 10.4. The maximum Gasteiger partial charge on any atom is 0.245 e. The van der Waals surface area contributed by atoms with Crippen LogP contribution in [0.1, 0.15) is 43.9 Å². The van der Waals surface area contributed by atoms with Crippen molar-refractivity contribution < 1.29 is 8.42 Å². The van der Waals surface area contributed by atoms with Gasteiger partial charge in [-0.1, -0.05) is 19.8 Å². The average Bonchev–Trinajstić information content (AvgIpc) is 2.66. The molecule has 114 valence electrons. The van der Waals surface area contributed by atoms with Gasteiger partial charge in [-0.05, 0) is 41.3 Å². The Kier molecular flexibility index (Phi) is 5.94. The minimum Gasteiger partial charge on any atom is -0.207 e. The van der Waals surface area contributed by atoms with Gasteiger partial charge in [-0.3, -0.25) is 0 Å². The molecule has 1 atom stereocenters. The summed E-state index contributed by atoms with van der Waals surface area (Å²) in [4.78, 5) is 1.25. The third-order valence-corrected chi connectivity index (χ3v) is 8.37. The fraction of sp³-hybridized carbons (Fsp3) is 0.692. The first kappa shape index (κ1) is 16.7. The summed E-state index contributed by atoms with van der Waals surface area (Å²) in [5.41, 5.74) is 0. The van der Waals surface area contributed by atoms with Crippen molar-refractivity contribution >= 4 is 48.9 Å². The number of sulfonamides is 1. The van der Waals surface area contributed by atoms with Crippen LogP contribution in [0.15, 0.2) is 14.7 Å². The summed E-state index contributed by atoms with van der Waals surface area (Å²) < 4.78 is 28.2. The van der Waals surface area contributed by atoms with Crippen molar-refractivity contribution in [1.29, 1.82) is 0 Å². The van der Waals surface area contributed by atoms with Crippen molar-refractivity contribution in [3.05, 3.63) is 14.7 Å². The molecule has 1 aromatic rings. The van der Waals surface area contributed by atoms with E-state index in [0.717, 1.165) is 37.0 Å². The fourth-order valence-electron chi connectivity index (χ4n) is 2.64. The van der Waals surface area contributed by atoms with Crippen LogP contribution in [0.25, 0.3) is 0 Å². The highest BCUT2D eigenvalue weighted by atomic mass is 79.9. The van der Waals surface area contributed by atoms with Gasteiger partial charge in [0.25, 0.3) is 0 Å². The van der Waals surface area contributed by atoms with E-state index >= 15 is 0 Å². The van der Waals surface area contributed by atoms with Crippen LogP contribution in [0, 0.1) is 0 Å². The van der Waals surface area contributed by atoms with Gasteiger partial charge in [0.1, 0.15) is 4.90 Å². The largest absolute Gasteiger partial charge is 0.245 e. The fourth-order valence-corrected chi connectivity index (χ4v) is 7.13. The number of nitrogens with zero attached hydrogens (tertiary/aromatic N) is 1. The molecule has 3 nitrogen and oxygen atoms in total. The van der Waals surface area contributed by atoms with E-state index in [1.54, 1.807) is 10.4 Å². The Morgan fingerprint density at radius 1 is 1.45 bits per heavy atom. The Labute approximate surface area is 138 Å². The van der Waals surface area contributed by atoms with E-state index in [1.165, 1.54) is 11.3 Å². The normalized spacial score (nSPS) is 21.9. The molecule has 1 unspecified atom stereocenters. The smallest absolute Gasteiger partial charge is 0.207 e. The minimum absolute atomic E-state index is 0.119. The standard InChI is InChI=1S/C13H19BrClNO2S2/c1-2-10-6-4-3-5-7-16(10)20(17,18)12-8-11(9-15)19-13(12)14/h8,10H,2-7,9H2,1H3. The topological polar surface area (TPSA) is 37.4 Å². The Hall–Kier alpha value is 0.380. The van der Waals surface area contributed by atoms with Crippen molar-refractivity contribution in [3.63, 3.8) is 0 Å². The first-order chi connectivity index (χ1) is 9.50. The number of rotatable bonds is 4. The maximum atomic E-state index is 12.9. The van der Waals surface area contributed by atoms with Gasteiger partial charge in [0.15, 0.2) is 0 Å². The van der Waals surface area contributed by atoms with Crippen molar-refractivity contribution in [1.82, 2.24) is 4.31 Å². The molecule has 2 heterocycles. The lowest BCUT2D eigenvalue weighted by atomic mass is 10.1. The summed E-state index contributed by atoms with van der Waals surface area (Å²) in [6.45, 7) is 2.69. The second-order valence-corrected chi connectivity index (χ2v) is 9.59. The van der Waals surface area contributed by atoms with E-state index in [0.29, 0.717) is 21.1 Å². The van der Waals surface area contributed by atoms with Crippen molar-refractivity contribution in [3.8, 4) is 0 Å². The molecule has 0 aliphatic carbocycles. The van der Waals surface area contributed by atoms with Crippen LogP contribution in [0.4, 0.5) is 0 Å². The predicted molar refractivity (Wildman–Crippen MR) is 88.0 cm³/mol. The van der Waals surface area contributed by atoms with Gasteiger partial charge in [0, 0.05) is 17.5 Å². The molecule has 1 saturated heterocycles. The Balaban J connectivity index is 2.38. The Morgan fingerprint density at radius 2 is 2.20 bits per heavy atom. The second kappa shape index (κ2) is 7.09. The average molecular weight is 401 g/mol. The molecule has 0 aromatic carbocycles. The number of thiophene rings is 1. The van der Waals surface area contributed by atoms with E-state index in [1.807, 2.05) is 0 Å². The van der Waals surface area contributed by atoms with Crippen molar-refractivity contribution in [2.75, 3.05) is 6.54 Å². The van der Waals surface area contributed by atoms with Gasteiger partial charge >= 0.3 is 0 Å². The maximum absolute atomic E-state index is 12.9. The zero-order valence-corrected chi connectivity index (χ0v) is 15.4. The van der Waals surface area contributed by atoms with E-state index in [9.17, 15) is 8.42 Å². The molecule has 1 fully saturated rings. The molecule has 1 aliphatic rings. The summed E-state index contributed by atoms with van der Waals surface area (Å²) in [5.74, 6) is 0.343. The molecule has 0 radical (unpaired) electrons. The van der Waals surface area contributed by atoms with E-state index in [4.69, 9.17) is 11.6 Å². The van der Waals surface area contributed by atoms with E-state index < -0.39 is 10.0 Å². The monoisotopic (exact) mass is 399 g/mol. The van der Waals surface area contributed by atoms with E-state index in [2.05, 4.69) is 22.9 Å². The highest BCUT2D eigenvalue weighted by Crippen LogP contribution is 2.36. The van der Waals surface area contributed by atoms with Gasteiger partial charge in [-0.15, -0.1) is 22.9 Å². The first-order valence-electron chi connectivity index (χ1n) is 6.86. The van der Waals surface area contributed by atoms with Crippen LogP contribution in [0.2, 0.25) is 0 Å². The molecule has 20 heavy (non-hydrogen) atoms. The third kappa shape index (κ3) is 3.40. The number of halogens is 2. The minimum atomic E-state index is -3.43. The predicted octanol–water partition coefficient (Wildman–Crippen LogP) is 4.59. The van der Waals surface area contributed by atoms with Crippen molar-refractivity contribution in [2.45, 2.75) is 55.8 Å². The zero-order valence-electron chi connectivity index (χ0n) is 11.4. The van der Waals surface area contributed by atoms with Gasteiger partial charge in [-0.25, -0.2) is 8.42 Å². The summed E-state index contributed by atoms with van der Waals surface area (Å²) >= 11 is 10.6. The number of alkyl halides is 1. The van der Waals surface area contributed by atoms with Gasteiger partial charge in [-0.2, -0.15) is 4.31 Å². The van der Waals surface area contributed by atoms with Gasteiger partial charge < -0.3 is 0 Å². The lowest BCUT2D eigenvalue weighted by Gasteiger charge is -2.28. The molecular formula is C13H19BrClNO2S2. The summed E-state index contributed by atoms with van der Waals surface area (Å²) in [5, 5.41) is 0. The zero-order chi connectivity index (χ0) is 14.8. The molecule has 0 N–H and O–H groups in total. The highest BCUT2D eigenvalue weighted by Gasteiger charge is 2.33. The van der Waals surface area contributed by atoms with Crippen LogP contribution in [0.3, 0.4) is 0 Å². The molecular weight excluding hydrogens is 382 g/mol. The molecule has 1 aliphatic heterocycles. The van der Waals surface area contributed by atoms with Crippen LogP contribution >= 0.6 is 38.9 Å². The molecule has 0 amide bonds. The second-order valence-electron chi connectivity index (χ2n) is 5.01. The SMILES string of the molecule is CCC1CCCCCN1S(=O)(=O)c1cc(CCl)sc1Br. The number of hydrogen-bond donors (Lipinski definition) is 0. The van der Waals surface area contributed by atoms with Crippen molar-refractivity contribution in [2.24, 2.45) is 0 Å². The van der Waals surface area contributed by atoms with Gasteiger partial charge in [0.05, 0.1) is 9.67 Å². The van der Waals surface area contributed by atoms with E-state index in [-0.39, 0.29) is 6.04 Å². The summed E-state index contributed by atoms with van der Waals surface area (Å²) in [6.07, 6.45) is 4.99. The highest BCUT2D eigenvalue weighted by molar-refractivity contribution is 9.11. The van der Waals surface area contributed by atoms with Crippen LogP contribution in [-0.2, 0) is 15.9 Å². The molecule has 2 rings (SSSR count). The lowest BCUT2D eigenvalue weighted by molar-refractivity contribution is 0.315. The Morgan fingerprint density at radius 3 is 2.80 bits per heavy atom. The number of hydrogen-bond acceptors (Lipinski definition) is 3. The Bertz CT molecular complexity index is 559. The lowest BCUT2D eigenvalue weighted by Crippen LogP contribution is -2.39. The third-order valence-electron chi connectivity index (χ3n) is 3.72. The molecule has 0 saturated carbocycles. The summed E-state index contributed by atoms with van der Waals surface area (Å²) in [6, 6.07) is 1.82. The van der Waals surface area contributed by atoms with Gasteiger partial charge in [0.2, 0.25) is 10.0 Å². The molecule has 0 bridgehead atoms. The summed E-state index contributed by atoms with van der Waals surface area (Å²) in [7, 11) is -3.43. The van der Waals surface area contributed by atoms with Crippen LogP contribution < -0.4 is 0 Å². The molecule has 0 spiro atoms. The van der Waals surface area contributed by atoms with Crippen LogP contribution in [-0.4, -0.2) is 25.3 Å².